The monoisotopic (exact) mass is 329 g/mol. The molecule has 5 nitrogen and oxygen atoms in total. The minimum absolute atomic E-state index is 0.0692. The lowest BCUT2D eigenvalue weighted by Crippen LogP contribution is -2.49. The Morgan fingerprint density at radius 2 is 1.73 bits per heavy atom. The Morgan fingerprint density at radius 1 is 1.18 bits per heavy atom. The molecule has 6 heteroatoms. The topological polar surface area (TPSA) is 55.8 Å². The van der Waals surface area contributed by atoms with E-state index in [2.05, 4.69) is 33.9 Å². The fraction of sp³-hybridized carbons (Fsp3) is 0.875. The van der Waals surface area contributed by atoms with E-state index in [0.717, 1.165) is 6.29 Å². The van der Waals surface area contributed by atoms with Crippen molar-refractivity contribution in [3.63, 3.8) is 0 Å². The van der Waals surface area contributed by atoms with Crippen LogP contribution in [0, 0.1) is 0 Å². The van der Waals surface area contributed by atoms with E-state index >= 15 is 0 Å². The van der Waals surface area contributed by atoms with Gasteiger partial charge in [0.2, 0.25) is 0 Å². The number of rotatable bonds is 3. The quantitative estimate of drug-likeness (QED) is 0.586. The molecule has 0 spiro atoms. The van der Waals surface area contributed by atoms with Gasteiger partial charge in [-0.3, -0.25) is 4.90 Å². The van der Waals surface area contributed by atoms with Crippen molar-refractivity contribution < 1.29 is 18.8 Å². The zero-order chi connectivity index (χ0) is 17.3. The lowest BCUT2D eigenvalue weighted by molar-refractivity contribution is -0.113. The largest absolute Gasteiger partial charge is 0.444 e. The van der Waals surface area contributed by atoms with E-state index in [4.69, 9.17) is 9.16 Å². The molecule has 22 heavy (non-hydrogen) atoms. The Balaban J connectivity index is 2.82. The van der Waals surface area contributed by atoms with Gasteiger partial charge >= 0.3 is 6.09 Å². The van der Waals surface area contributed by atoms with E-state index in [1.807, 2.05) is 20.8 Å². The summed E-state index contributed by atoms with van der Waals surface area (Å²) in [5.74, 6) is 0. The van der Waals surface area contributed by atoms with E-state index in [1.54, 1.807) is 0 Å². The summed E-state index contributed by atoms with van der Waals surface area (Å²) < 4.78 is 11.7. The van der Waals surface area contributed by atoms with E-state index in [0.29, 0.717) is 13.0 Å². The Bertz CT molecular complexity index is 423. The molecule has 0 aromatic heterocycles. The molecule has 1 aliphatic rings. The number of carbonyl (C=O) groups is 2. The van der Waals surface area contributed by atoms with Crippen LogP contribution >= 0.6 is 0 Å². The number of hydrogen-bond donors (Lipinski definition) is 0. The van der Waals surface area contributed by atoms with Crippen LogP contribution in [0.15, 0.2) is 0 Å². The molecule has 1 saturated heterocycles. The number of carbonyl (C=O) groups excluding carboxylic acids is 2. The van der Waals surface area contributed by atoms with Gasteiger partial charge in [-0.05, 0) is 45.3 Å². The molecule has 0 aliphatic carbocycles. The lowest BCUT2D eigenvalue weighted by Gasteiger charge is -2.39. The smallest absolute Gasteiger partial charge is 0.410 e. The highest BCUT2D eigenvalue weighted by Gasteiger charge is 2.45. The van der Waals surface area contributed by atoms with Crippen molar-refractivity contribution in [2.75, 3.05) is 6.54 Å². The third-order valence-electron chi connectivity index (χ3n) is 4.41. The van der Waals surface area contributed by atoms with Crippen molar-refractivity contribution in [3.8, 4) is 0 Å². The molecule has 2 atom stereocenters. The summed E-state index contributed by atoms with van der Waals surface area (Å²) in [4.78, 5) is 25.3. The van der Waals surface area contributed by atoms with Crippen LogP contribution in [0.4, 0.5) is 4.79 Å². The molecule has 0 saturated carbocycles. The first-order valence-corrected chi connectivity index (χ1v) is 10.8. The Kier molecular flexibility index (Phi) is 5.50. The summed E-state index contributed by atoms with van der Waals surface area (Å²) in [6.45, 7) is 16.8. The molecule has 0 N–H and O–H groups in total. The minimum Gasteiger partial charge on any atom is -0.444 e. The first kappa shape index (κ1) is 19.2. The number of nitrogens with zero attached hydrogens (tertiary/aromatic N) is 1. The molecule has 1 rings (SSSR count). The summed E-state index contributed by atoms with van der Waals surface area (Å²) in [7, 11) is -1.98. The van der Waals surface area contributed by atoms with Crippen molar-refractivity contribution in [2.45, 2.75) is 83.8 Å². The third-order valence-corrected chi connectivity index (χ3v) is 8.92. The molecule has 0 bridgehead atoms. The van der Waals surface area contributed by atoms with Crippen LogP contribution in [0.1, 0.15) is 48.0 Å². The van der Waals surface area contributed by atoms with Gasteiger partial charge in [0.25, 0.3) is 0 Å². The van der Waals surface area contributed by atoms with Gasteiger partial charge in [-0.15, -0.1) is 0 Å². The van der Waals surface area contributed by atoms with Crippen molar-refractivity contribution in [2.24, 2.45) is 0 Å². The molecule has 1 heterocycles. The predicted octanol–water partition coefficient (Wildman–Crippen LogP) is 3.59. The Hall–Kier alpha value is -0.883. The van der Waals surface area contributed by atoms with Gasteiger partial charge in [-0.1, -0.05) is 20.8 Å². The normalized spacial score (nSPS) is 23.5. The summed E-state index contributed by atoms with van der Waals surface area (Å²) in [5, 5.41) is 0.0692. The minimum atomic E-state index is -1.98. The van der Waals surface area contributed by atoms with E-state index in [9.17, 15) is 9.59 Å². The number of hydrogen-bond acceptors (Lipinski definition) is 4. The molecule has 1 fully saturated rings. The first-order valence-electron chi connectivity index (χ1n) is 7.91. The van der Waals surface area contributed by atoms with Gasteiger partial charge in [-0.2, -0.15) is 0 Å². The van der Waals surface area contributed by atoms with Crippen molar-refractivity contribution in [1.29, 1.82) is 0 Å². The molecule has 1 aliphatic heterocycles. The second kappa shape index (κ2) is 6.32. The highest BCUT2D eigenvalue weighted by Crippen LogP contribution is 2.39. The Labute approximate surface area is 135 Å². The van der Waals surface area contributed by atoms with Crippen LogP contribution in [0.3, 0.4) is 0 Å². The van der Waals surface area contributed by atoms with Crippen molar-refractivity contribution in [3.05, 3.63) is 0 Å². The molecule has 0 aromatic rings. The fourth-order valence-corrected chi connectivity index (χ4v) is 3.53. The molecule has 128 valence electrons. The van der Waals surface area contributed by atoms with E-state index < -0.39 is 26.1 Å². The van der Waals surface area contributed by atoms with Crippen molar-refractivity contribution >= 4 is 20.7 Å². The molecule has 0 unspecified atom stereocenters. The van der Waals surface area contributed by atoms with Gasteiger partial charge in [0, 0.05) is 6.54 Å². The maximum Gasteiger partial charge on any atom is 0.410 e. The van der Waals surface area contributed by atoms with Gasteiger partial charge in [0.1, 0.15) is 17.9 Å². The zero-order valence-corrected chi connectivity index (χ0v) is 16.2. The summed E-state index contributed by atoms with van der Waals surface area (Å²) >= 11 is 0. The number of amides is 1. The highest BCUT2D eigenvalue weighted by molar-refractivity contribution is 6.74. The second-order valence-corrected chi connectivity index (χ2v) is 13.3. The zero-order valence-electron chi connectivity index (χ0n) is 15.2. The summed E-state index contributed by atoms with van der Waals surface area (Å²) in [5.41, 5.74) is -0.567. The van der Waals surface area contributed by atoms with Crippen LogP contribution in [-0.4, -0.2) is 49.9 Å². The molecule has 0 aromatic carbocycles. The van der Waals surface area contributed by atoms with E-state index in [1.165, 1.54) is 4.90 Å². The molecule has 0 radical (unpaired) electrons. The number of likely N-dealkylation sites (tertiary alicyclic amines) is 1. The van der Waals surface area contributed by atoms with E-state index in [-0.39, 0.29) is 11.1 Å². The Morgan fingerprint density at radius 3 is 2.14 bits per heavy atom. The number of ether oxygens (including phenoxy) is 1. The van der Waals surface area contributed by atoms with Crippen LogP contribution in [0.5, 0.6) is 0 Å². The predicted molar refractivity (Wildman–Crippen MR) is 89.5 cm³/mol. The number of aldehydes is 1. The maximum absolute atomic E-state index is 12.2. The van der Waals surface area contributed by atoms with Crippen LogP contribution < -0.4 is 0 Å². The molecule has 1 amide bonds. The van der Waals surface area contributed by atoms with Gasteiger partial charge in [0.15, 0.2) is 8.32 Å². The summed E-state index contributed by atoms with van der Waals surface area (Å²) in [6.07, 6.45) is 0.820. The van der Waals surface area contributed by atoms with Gasteiger partial charge in [-0.25, -0.2) is 4.79 Å². The van der Waals surface area contributed by atoms with Gasteiger partial charge in [0.05, 0.1) is 6.10 Å². The van der Waals surface area contributed by atoms with Crippen LogP contribution in [0.2, 0.25) is 18.1 Å². The average Bonchev–Trinajstić information content (AvgIpc) is 2.67. The van der Waals surface area contributed by atoms with Crippen LogP contribution in [-0.2, 0) is 14.0 Å². The first-order chi connectivity index (χ1) is 9.78. The SMILES string of the molecule is CC(C)(C)OC(=O)N1CC[C@@H](O[Si](C)(C)C(C)(C)C)[C@@H]1C=O. The average molecular weight is 330 g/mol. The lowest BCUT2D eigenvalue weighted by atomic mass is 10.2. The molecular formula is C16H31NO4Si. The molecular weight excluding hydrogens is 298 g/mol. The van der Waals surface area contributed by atoms with Crippen LogP contribution in [0.25, 0.3) is 0 Å². The maximum atomic E-state index is 12.2. The summed E-state index contributed by atoms with van der Waals surface area (Å²) in [6, 6.07) is -0.552. The third kappa shape index (κ3) is 4.55. The van der Waals surface area contributed by atoms with Crippen molar-refractivity contribution in [1.82, 2.24) is 4.90 Å². The fourth-order valence-electron chi connectivity index (χ4n) is 2.17. The van der Waals surface area contributed by atoms with Gasteiger partial charge < -0.3 is 14.0 Å². The standard InChI is InChI=1S/C16H31NO4Si/c1-15(2,3)20-14(19)17-10-9-13(12(17)11-18)21-22(7,8)16(4,5)6/h11-13H,9-10H2,1-8H3/t12-,13+/m0/s1. The highest BCUT2D eigenvalue weighted by atomic mass is 28.4. The second-order valence-electron chi connectivity index (χ2n) is 8.51.